The molecule has 0 saturated carbocycles. The smallest absolute Gasteiger partial charge is 0.0703 e. The first kappa shape index (κ1) is 19.5. The van der Waals surface area contributed by atoms with Crippen LogP contribution in [0.2, 0.25) is 0 Å². The summed E-state index contributed by atoms with van der Waals surface area (Å²) in [5.74, 6) is 0. The lowest BCUT2D eigenvalue weighted by Gasteiger charge is -2.36. The Balaban J connectivity index is 1.17. The van der Waals surface area contributed by atoms with Crippen LogP contribution in [0.15, 0.2) is 72.9 Å². The van der Waals surface area contributed by atoms with Gasteiger partial charge in [0, 0.05) is 37.4 Å². The SMILES string of the molecule is Nc1ccc(-c2ccc(CCCCN3CCN(c4ccccc4)CC3)cc2)nc1. The highest BCUT2D eigenvalue weighted by molar-refractivity contribution is 5.60. The summed E-state index contributed by atoms with van der Waals surface area (Å²) >= 11 is 0. The lowest BCUT2D eigenvalue weighted by molar-refractivity contribution is 0.253. The Morgan fingerprint density at radius 2 is 1.55 bits per heavy atom. The van der Waals surface area contributed by atoms with Gasteiger partial charge in [-0.05, 0) is 55.6 Å². The first-order chi connectivity index (χ1) is 14.3. The quantitative estimate of drug-likeness (QED) is 0.608. The van der Waals surface area contributed by atoms with Gasteiger partial charge in [-0.15, -0.1) is 0 Å². The van der Waals surface area contributed by atoms with E-state index in [0.29, 0.717) is 5.69 Å². The van der Waals surface area contributed by atoms with Crippen LogP contribution in [0.4, 0.5) is 11.4 Å². The lowest BCUT2D eigenvalue weighted by atomic mass is 10.0. The third-order valence-electron chi connectivity index (χ3n) is 5.72. The normalized spacial score (nSPS) is 14.8. The van der Waals surface area contributed by atoms with Gasteiger partial charge in [-0.1, -0.05) is 42.5 Å². The number of pyridine rings is 1. The van der Waals surface area contributed by atoms with Gasteiger partial charge in [0.2, 0.25) is 0 Å². The van der Waals surface area contributed by atoms with Crippen LogP contribution in [0.1, 0.15) is 18.4 Å². The fraction of sp³-hybridized carbons (Fsp3) is 0.320. The van der Waals surface area contributed by atoms with E-state index in [9.17, 15) is 0 Å². The Bertz CT molecular complexity index is 867. The Labute approximate surface area is 174 Å². The van der Waals surface area contributed by atoms with Crippen LogP contribution in [0.3, 0.4) is 0 Å². The van der Waals surface area contributed by atoms with Crippen LogP contribution < -0.4 is 10.6 Å². The second-order valence-corrected chi connectivity index (χ2v) is 7.80. The number of piperazine rings is 1. The van der Waals surface area contributed by atoms with Gasteiger partial charge in [-0.25, -0.2) is 0 Å². The number of nitrogens with zero attached hydrogens (tertiary/aromatic N) is 3. The number of nitrogen functional groups attached to an aromatic ring is 1. The molecule has 150 valence electrons. The summed E-state index contributed by atoms with van der Waals surface area (Å²) in [6.45, 7) is 5.79. The van der Waals surface area contributed by atoms with E-state index in [1.807, 2.05) is 12.1 Å². The van der Waals surface area contributed by atoms with Gasteiger partial charge in [0.1, 0.15) is 0 Å². The molecule has 4 rings (SSSR count). The number of aromatic nitrogens is 1. The average Bonchev–Trinajstić information content (AvgIpc) is 2.79. The zero-order valence-corrected chi connectivity index (χ0v) is 17.0. The Hall–Kier alpha value is -2.85. The second-order valence-electron chi connectivity index (χ2n) is 7.80. The molecule has 2 N–H and O–H groups in total. The Kier molecular flexibility index (Phi) is 6.42. The predicted molar refractivity (Wildman–Crippen MR) is 122 cm³/mol. The summed E-state index contributed by atoms with van der Waals surface area (Å²) in [6, 6.07) is 23.4. The van der Waals surface area contributed by atoms with Crippen LogP contribution in [0.5, 0.6) is 0 Å². The summed E-state index contributed by atoms with van der Waals surface area (Å²) in [5, 5.41) is 0. The fourth-order valence-electron chi connectivity index (χ4n) is 3.95. The van der Waals surface area contributed by atoms with Crippen LogP contribution >= 0.6 is 0 Å². The summed E-state index contributed by atoms with van der Waals surface area (Å²) in [5.41, 5.74) is 11.3. The minimum atomic E-state index is 0.701. The van der Waals surface area contributed by atoms with Crippen LogP contribution in [-0.4, -0.2) is 42.6 Å². The average molecular weight is 387 g/mol. The molecule has 0 amide bonds. The highest BCUT2D eigenvalue weighted by atomic mass is 15.3. The number of anilines is 2. The third kappa shape index (κ3) is 5.36. The van der Waals surface area contributed by atoms with Crippen molar-refractivity contribution in [2.75, 3.05) is 43.4 Å². The summed E-state index contributed by atoms with van der Waals surface area (Å²) in [7, 11) is 0. The molecular weight excluding hydrogens is 356 g/mol. The van der Waals surface area contributed by atoms with Gasteiger partial charge in [0.25, 0.3) is 0 Å². The third-order valence-corrected chi connectivity index (χ3v) is 5.72. The van der Waals surface area contributed by atoms with E-state index in [2.05, 4.69) is 69.4 Å². The molecule has 0 atom stereocenters. The molecule has 1 aromatic heterocycles. The molecule has 4 heteroatoms. The summed E-state index contributed by atoms with van der Waals surface area (Å²) < 4.78 is 0. The molecule has 29 heavy (non-hydrogen) atoms. The number of rotatable bonds is 7. The Morgan fingerprint density at radius 3 is 2.24 bits per heavy atom. The summed E-state index contributed by atoms with van der Waals surface area (Å²) in [4.78, 5) is 9.50. The zero-order chi connectivity index (χ0) is 19.9. The van der Waals surface area contributed by atoms with E-state index >= 15 is 0 Å². The first-order valence-corrected chi connectivity index (χ1v) is 10.6. The van der Waals surface area contributed by atoms with Gasteiger partial charge >= 0.3 is 0 Å². The van der Waals surface area contributed by atoms with E-state index in [-0.39, 0.29) is 0 Å². The van der Waals surface area contributed by atoms with E-state index < -0.39 is 0 Å². The molecule has 4 nitrogen and oxygen atoms in total. The molecule has 1 fully saturated rings. The Morgan fingerprint density at radius 1 is 0.793 bits per heavy atom. The van der Waals surface area contributed by atoms with Crippen molar-refractivity contribution in [1.82, 2.24) is 9.88 Å². The van der Waals surface area contributed by atoms with Crippen molar-refractivity contribution in [1.29, 1.82) is 0 Å². The minimum absolute atomic E-state index is 0.701. The van der Waals surface area contributed by atoms with Crippen molar-refractivity contribution < 1.29 is 0 Å². The maximum absolute atomic E-state index is 5.72. The molecule has 3 aromatic rings. The standard InChI is InChI=1S/C25H30N4/c26-23-13-14-25(27-20-23)22-11-9-21(10-12-22)6-4-5-15-28-16-18-29(19-17-28)24-7-2-1-3-8-24/h1-3,7-14,20H,4-6,15-19,26H2. The van der Waals surface area contributed by atoms with Crippen molar-refractivity contribution in [3.63, 3.8) is 0 Å². The molecule has 1 aliphatic heterocycles. The van der Waals surface area contributed by atoms with E-state index in [1.165, 1.54) is 30.6 Å². The highest BCUT2D eigenvalue weighted by Crippen LogP contribution is 2.19. The first-order valence-electron chi connectivity index (χ1n) is 10.6. The molecule has 0 bridgehead atoms. The van der Waals surface area contributed by atoms with Gasteiger partial charge in [-0.2, -0.15) is 0 Å². The van der Waals surface area contributed by atoms with Crippen molar-refractivity contribution in [3.8, 4) is 11.3 Å². The fourth-order valence-corrected chi connectivity index (χ4v) is 3.95. The highest BCUT2D eigenvalue weighted by Gasteiger charge is 2.16. The molecule has 0 radical (unpaired) electrons. The van der Waals surface area contributed by atoms with Crippen molar-refractivity contribution in [3.05, 3.63) is 78.5 Å². The largest absolute Gasteiger partial charge is 0.397 e. The van der Waals surface area contributed by atoms with Gasteiger partial charge in [0.05, 0.1) is 17.6 Å². The van der Waals surface area contributed by atoms with Crippen molar-refractivity contribution in [2.24, 2.45) is 0 Å². The predicted octanol–water partition coefficient (Wildman–Crippen LogP) is 4.48. The van der Waals surface area contributed by atoms with E-state index in [4.69, 9.17) is 5.73 Å². The number of hydrogen-bond donors (Lipinski definition) is 1. The number of aryl methyl sites for hydroxylation is 1. The summed E-state index contributed by atoms with van der Waals surface area (Å²) in [6.07, 6.45) is 5.34. The number of nitrogens with two attached hydrogens (primary N) is 1. The van der Waals surface area contributed by atoms with Crippen LogP contribution in [0, 0.1) is 0 Å². The molecule has 2 aromatic carbocycles. The molecule has 1 saturated heterocycles. The number of para-hydroxylation sites is 1. The van der Waals surface area contributed by atoms with Gasteiger partial charge in [0.15, 0.2) is 0 Å². The topological polar surface area (TPSA) is 45.4 Å². The molecule has 1 aliphatic rings. The van der Waals surface area contributed by atoms with Crippen LogP contribution in [0.25, 0.3) is 11.3 Å². The molecule has 0 spiro atoms. The molecule has 2 heterocycles. The lowest BCUT2D eigenvalue weighted by Crippen LogP contribution is -2.46. The monoisotopic (exact) mass is 386 g/mol. The number of benzene rings is 2. The van der Waals surface area contributed by atoms with Crippen molar-refractivity contribution in [2.45, 2.75) is 19.3 Å². The maximum Gasteiger partial charge on any atom is 0.0703 e. The van der Waals surface area contributed by atoms with Crippen molar-refractivity contribution >= 4 is 11.4 Å². The van der Waals surface area contributed by atoms with Gasteiger partial charge < -0.3 is 10.6 Å². The zero-order valence-electron chi connectivity index (χ0n) is 17.0. The molecular formula is C25H30N4. The van der Waals surface area contributed by atoms with E-state index in [0.717, 1.165) is 43.9 Å². The number of hydrogen-bond acceptors (Lipinski definition) is 4. The molecule has 0 unspecified atom stereocenters. The van der Waals surface area contributed by atoms with E-state index in [1.54, 1.807) is 6.20 Å². The maximum atomic E-state index is 5.72. The molecule has 0 aliphatic carbocycles. The second kappa shape index (κ2) is 9.57. The van der Waals surface area contributed by atoms with Gasteiger partial charge in [-0.3, -0.25) is 9.88 Å². The number of unbranched alkanes of at least 4 members (excludes halogenated alkanes) is 1. The van der Waals surface area contributed by atoms with Crippen LogP contribution in [-0.2, 0) is 6.42 Å². The minimum Gasteiger partial charge on any atom is -0.397 e.